The SMILES string of the molecule is COc1ccc(CN2C(=O)C(Cc3ccccc3Cl)N=C(Cl)c3cc(Cl)ccc32)cc1.COc1ccc(CN2C(=O)C(Cc3ccccc3Cl)N=C(c3ccc4[nH]c(=O)n(C)c4c3)c3cc(Cl)ccc32)cc1. The van der Waals surface area contributed by atoms with Gasteiger partial charge < -0.3 is 24.3 Å². The van der Waals surface area contributed by atoms with Crippen LogP contribution in [-0.4, -0.2) is 58.6 Å². The van der Waals surface area contributed by atoms with Crippen LogP contribution in [0.2, 0.25) is 20.1 Å². The van der Waals surface area contributed by atoms with Crippen LogP contribution < -0.4 is 25.0 Å². The van der Waals surface area contributed by atoms with Crippen molar-refractivity contribution in [2.24, 2.45) is 17.0 Å². The van der Waals surface area contributed by atoms with Crippen LogP contribution in [0.15, 0.2) is 166 Å². The summed E-state index contributed by atoms with van der Waals surface area (Å²) in [5, 5.41) is 2.46. The van der Waals surface area contributed by atoms with Crippen molar-refractivity contribution in [1.82, 2.24) is 9.55 Å². The van der Waals surface area contributed by atoms with Gasteiger partial charge in [-0.2, -0.15) is 0 Å². The summed E-state index contributed by atoms with van der Waals surface area (Å²) >= 11 is 32.2. The predicted octanol–water partition coefficient (Wildman–Crippen LogP) is 12.3. The highest BCUT2D eigenvalue weighted by Gasteiger charge is 2.34. The van der Waals surface area contributed by atoms with Crippen molar-refractivity contribution in [2.45, 2.75) is 38.0 Å². The van der Waals surface area contributed by atoms with Crippen LogP contribution >= 0.6 is 58.0 Å². The maximum Gasteiger partial charge on any atom is 0.326 e. The second-order valence-corrected chi connectivity index (χ2v) is 19.2. The first-order chi connectivity index (χ1) is 34.8. The molecular weight excluding hydrogens is 1010 g/mol. The lowest BCUT2D eigenvalue weighted by atomic mass is 9.99. The highest BCUT2D eigenvalue weighted by atomic mass is 35.5. The molecule has 2 unspecified atom stereocenters. The van der Waals surface area contributed by atoms with Crippen molar-refractivity contribution in [2.75, 3.05) is 24.0 Å². The van der Waals surface area contributed by atoms with E-state index in [-0.39, 0.29) is 22.7 Å². The van der Waals surface area contributed by atoms with Gasteiger partial charge in [0.1, 0.15) is 28.8 Å². The number of ether oxygens (including phenoxy) is 2. The molecule has 10 rings (SSSR count). The van der Waals surface area contributed by atoms with Gasteiger partial charge in [-0.25, -0.2) is 4.79 Å². The Bertz CT molecular complexity index is 3460. The van der Waals surface area contributed by atoms with Crippen molar-refractivity contribution in [3.05, 3.63) is 221 Å². The number of rotatable bonds is 11. The summed E-state index contributed by atoms with van der Waals surface area (Å²) in [5.74, 6) is 1.17. The molecule has 2 atom stereocenters. The van der Waals surface area contributed by atoms with Gasteiger partial charge in [-0.15, -0.1) is 0 Å². The summed E-state index contributed by atoms with van der Waals surface area (Å²) in [5.41, 5.74) is 8.86. The third-order valence-electron chi connectivity index (χ3n) is 12.6. The quantitative estimate of drug-likeness (QED) is 0.138. The van der Waals surface area contributed by atoms with Crippen LogP contribution in [0, 0.1) is 0 Å². The Hall–Kier alpha value is -6.86. The van der Waals surface area contributed by atoms with E-state index >= 15 is 0 Å². The molecule has 0 fully saturated rings. The summed E-state index contributed by atoms with van der Waals surface area (Å²) in [6.45, 7) is 0.681. The van der Waals surface area contributed by atoms with Crippen LogP contribution in [0.4, 0.5) is 11.4 Å². The summed E-state index contributed by atoms with van der Waals surface area (Å²) in [6.07, 6.45) is 0.656. The Morgan fingerprint density at radius 3 is 1.56 bits per heavy atom. The van der Waals surface area contributed by atoms with Gasteiger partial charge in [-0.3, -0.25) is 24.1 Å². The number of hydrogen-bond acceptors (Lipinski definition) is 7. The van der Waals surface area contributed by atoms with E-state index in [1.165, 1.54) is 0 Å². The highest BCUT2D eigenvalue weighted by Crippen LogP contribution is 2.36. The number of aliphatic imine (C=N–C) groups is 2. The van der Waals surface area contributed by atoms with Crippen molar-refractivity contribution in [3.63, 3.8) is 0 Å². The van der Waals surface area contributed by atoms with E-state index in [4.69, 9.17) is 72.5 Å². The Balaban J connectivity index is 0.000000185. The smallest absolute Gasteiger partial charge is 0.326 e. The third kappa shape index (κ3) is 10.8. The number of aromatic nitrogens is 2. The molecule has 0 spiro atoms. The van der Waals surface area contributed by atoms with Crippen LogP contribution in [0.3, 0.4) is 0 Å². The summed E-state index contributed by atoms with van der Waals surface area (Å²) in [4.78, 5) is 56.3. The number of anilines is 2. The molecule has 0 saturated heterocycles. The number of aromatic amines is 1. The Morgan fingerprint density at radius 1 is 0.556 bits per heavy atom. The molecule has 364 valence electrons. The molecule has 2 amide bonds. The zero-order valence-electron chi connectivity index (χ0n) is 39.1. The van der Waals surface area contributed by atoms with Gasteiger partial charge in [-0.1, -0.05) is 125 Å². The van der Waals surface area contributed by atoms with Gasteiger partial charge in [0, 0.05) is 56.7 Å². The van der Waals surface area contributed by atoms with E-state index in [0.29, 0.717) is 74.2 Å². The third-order valence-corrected chi connectivity index (χ3v) is 14.1. The Labute approximate surface area is 440 Å². The van der Waals surface area contributed by atoms with Crippen LogP contribution in [-0.2, 0) is 42.6 Å². The zero-order valence-corrected chi connectivity index (χ0v) is 42.9. The second kappa shape index (κ2) is 21.9. The van der Waals surface area contributed by atoms with Crippen LogP contribution in [0.25, 0.3) is 11.0 Å². The monoisotopic (exact) mass is 1060 g/mol. The molecule has 0 saturated carbocycles. The molecule has 1 N–H and O–H groups in total. The molecule has 2 aliphatic rings. The van der Waals surface area contributed by atoms with Crippen molar-refractivity contribution in [1.29, 1.82) is 0 Å². The van der Waals surface area contributed by atoms with Gasteiger partial charge in [0.05, 0.1) is 55.4 Å². The number of fused-ring (bicyclic) bond motifs is 3. The minimum Gasteiger partial charge on any atom is -0.497 e. The van der Waals surface area contributed by atoms with Gasteiger partial charge >= 0.3 is 5.69 Å². The molecule has 0 bridgehead atoms. The number of carbonyl (C=O) groups is 2. The average molecular weight is 1060 g/mol. The number of amides is 2. The maximum absolute atomic E-state index is 14.4. The minimum absolute atomic E-state index is 0.157. The van der Waals surface area contributed by atoms with Gasteiger partial charge in [0.15, 0.2) is 0 Å². The summed E-state index contributed by atoms with van der Waals surface area (Å²) < 4.78 is 12.1. The summed E-state index contributed by atoms with van der Waals surface area (Å²) in [7, 11) is 4.95. The highest BCUT2D eigenvalue weighted by molar-refractivity contribution is 6.70. The number of halogens is 5. The average Bonchev–Trinajstić information content (AvgIpc) is 3.57. The molecule has 72 heavy (non-hydrogen) atoms. The fraction of sp³-hybridized carbons (Fsp3) is 0.161. The maximum atomic E-state index is 14.4. The van der Waals surface area contributed by atoms with E-state index in [1.54, 1.807) is 66.0 Å². The van der Waals surface area contributed by atoms with Crippen LogP contribution in [0.5, 0.6) is 11.5 Å². The number of H-pyrrole nitrogens is 1. The zero-order chi connectivity index (χ0) is 50.6. The van der Waals surface area contributed by atoms with Gasteiger partial charge in [-0.05, 0) is 107 Å². The first-order valence-corrected chi connectivity index (χ1v) is 24.6. The standard InChI is InChI=1S/C32H26Cl2N4O3.C24H19Cl3N2O2/c1-37-29-16-21(9-13-26(29)36-32(37)40)30-24-17-22(33)10-14-28(24)38(18-19-7-11-23(41-2)12-8-19)31(39)27(35-30)15-20-5-3-4-6-25(20)34;1-31-18-9-6-15(7-10-18)14-29-22-11-8-17(25)13-19(22)23(27)28-21(24(29)30)12-16-4-2-3-5-20(16)26/h3-14,16-17,27H,15,18H2,1-2H3,(H,36,40);2-11,13,21H,12,14H2,1H3. The lowest BCUT2D eigenvalue weighted by molar-refractivity contribution is -0.120. The number of carbonyl (C=O) groups excluding carboxylic acids is 2. The van der Waals surface area contributed by atoms with Gasteiger partial charge in [0.2, 0.25) is 0 Å². The Kier molecular flexibility index (Phi) is 15.2. The number of hydrogen-bond donors (Lipinski definition) is 1. The van der Waals surface area contributed by atoms with E-state index in [2.05, 4.69) is 9.98 Å². The molecular formula is C56H45Cl5N6O5. The second-order valence-electron chi connectivity index (χ2n) is 17.1. The van der Waals surface area contributed by atoms with E-state index in [1.807, 2.05) is 121 Å². The largest absolute Gasteiger partial charge is 0.497 e. The van der Waals surface area contributed by atoms with Gasteiger partial charge in [0.25, 0.3) is 11.8 Å². The molecule has 8 aromatic rings. The number of nitrogens with one attached hydrogen (secondary N) is 1. The molecule has 3 heterocycles. The number of benzene rings is 7. The fourth-order valence-corrected chi connectivity index (χ4v) is 9.78. The molecule has 0 radical (unpaired) electrons. The molecule has 16 heteroatoms. The van der Waals surface area contributed by atoms with Crippen molar-refractivity contribution in [3.8, 4) is 11.5 Å². The molecule has 2 aliphatic heterocycles. The first-order valence-electron chi connectivity index (χ1n) is 22.7. The number of imidazole rings is 1. The summed E-state index contributed by atoms with van der Waals surface area (Å²) in [6, 6.07) is 45.1. The fourth-order valence-electron chi connectivity index (χ4n) is 8.75. The molecule has 7 aromatic carbocycles. The van der Waals surface area contributed by atoms with Crippen LogP contribution in [0.1, 0.15) is 38.9 Å². The topological polar surface area (TPSA) is 122 Å². The number of aryl methyl sites for hydroxylation is 1. The predicted molar refractivity (Wildman–Crippen MR) is 291 cm³/mol. The normalized spacial score (nSPS) is 15.4. The Morgan fingerprint density at radius 2 is 1.04 bits per heavy atom. The van der Waals surface area contributed by atoms with Crippen molar-refractivity contribution < 1.29 is 19.1 Å². The van der Waals surface area contributed by atoms with E-state index in [0.717, 1.165) is 50.4 Å². The van der Waals surface area contributed by atoms with E-state index in [9.17, 15) is 14.4 Å². The molecule has 11 nitrogen and oxygen atoms in total. The van der Waals surface area contributed by atoms with Crippen molar-refractivity contribution >= 4 is 103 Å². The first kappa shape index (κ1) is 50.1. The minimum atomic E-state index is -0.764. The number of methoxy groups -OCH3 is 2. The number of nitrogens with zero attached hydrogens (tertiary/aromatic N) is 5. The lowest BCUT2D eigenvalue weighted by Crippen LogP contribution is -2.38. The van der Waals surface area contributed by atoms with E-state index < -0.39 is 12.1 Å². The molecule has 0 aliphatic carbocycles. The number of benzodiazepines with no additional fused rings is 2. The molecule has 1 aromatic heterocycles. The lowest BCUT2D eigenvalue weighted by Gasteiger charge is -2.26.